The fraction of sp³-hybridized carbons (Fsp3) is 0.150. The molecule has 6 heteroatoms. The Morgan fingerprint density at radius 1 is 1.12 bits per heavy atom. The second kappa shape index (κ2) is 7.23. The highest BCUT2D eigenvalue weighted by Gasteiger charge is 2.10. The third-order valence-electron chi connectivity index (χ3n) is 4.26. The predicted molar refractivity (Wildman–Crippen MR) is 101 cm³/mol. The number of hydrogen-bond acceptors (Lipinski definition) is 3. The highest BCUT2D eigenvalue weighted by Crippen LogP contribution is 2.18. The van der Waals surface area contributed by atoms with E-state index in [0.29, 0.717) is 12.2 Å². The predicted octanol–water partition coefficient (Wildman–Crippen LogP) is 3.18. The molecule has 0 aliphatic heterocycles. The summed E-state index contributed by atoms with van der Waals surface area (Å²) in [5, 5.41) is 8.34. The molecule has 0 radical (unpaired) electrons. The monoisotopic (exact) mass is 345 g/mol. The van der Waals surface area contributed by atoms with Crippen LogP contribution in [0.1, 0.15) is 11.3 Å². The summed E-state index contributed by atoms with van der Waals surface area (Å²) in [7, 11) is 0. The topological polar surface area (TPSA) is 75.6 Å². The number of carbonyl (C=O) groups is 1. The van der Waals surface area contributed by atoms with E-state index in [9.17, 15) is 4.79 Å². The van der Waals surface area contributed by atoms with Crippen LogP contribution in [-0.4, -0.2) is 25.7 Å². The Balaban J connectivity index is 1.35. The second-order valence-corrected chi connectivity index (χ2v) is 6.12. The standard InChI is InChI=1S/C20H19N5O/c26-20(13-15-14-22-18-7-2-1-6-17(15)18)23-19-9-12-25(24-19)11-8-16-5-3-4-10-21-16/h1-7,9-10,12,14,22H,8,11,13H2,(H,23,24,26). The summed E-state index contributed by atoms with van der Waals surface area (Å²) in [4.78, 5) is 19.8. The van der Waals surface area contributed by atoms with Crippen molar-refractivity contribution in [1.82, 2.24) is 19.7 Å². The molecule has 6 nitrogen and oxygen atoms in total. The molecule has 0 atom stereocenters. The van der Waals surface area contributed by atoms with E-state index in [4.69, 9.17) is 0 Å². The first kappa shape index (κ1) is 16.1. The van der Waals surface area contributed by atoms with Crippen LogP contribution < -0.4 is 5.32 Å². The number of anilines is 1. The second-order valence-electron chi connectivity index (χ2n) is 6.12. The van der Waals surface area contributed by atoms with Crippen LogP contribution in [0.25, 0.3) is 10.9 Å². The molecular formula is C20H19N5O. The van der Waals surface area contributed by atoms with Gasteiger partial charge < -0.3 is 10.3 Å². The molecule has 4 aromatic rings. The summed E-state index contributed by atoms with van der Waals surface area (Å²) in [6.45, 7) is 0.718. The van der Waals surface area contributed by atoms with Crippen LogP contribution in [0, 0.1) is 0 Å². The third kappa shape index (κ3) is 3.64. The van der Waals surface area contributed by atoms with Crippen LogP contribution in [-0.2, 0) is 24.2 Å². The molecule has 0 fully saturated rings. The highest BCUT2D eigenvalue weighted by atomic mass is 16.1. The first-order valence-electron chi connectivity index (χ1n) is 8.56. The number of para-hydroxylation sites is 1. The van der Waals surface area contributed by atoms with Crippen molar-refractivity contribution in [3.63, 3.8) is 0 Å². The van der Waals surface area contributed by atoms with E-state index in [1.807, 2.05) is 65.6 Å². The zero-order valence-electron chi connectivity index (χ0n) is 14.2. The van der Waals surface area contributed by atoms with Crippen molar-refractivity contribution in [3.8, 4) is 0 Å². The highest BCUT2D eigenvalue weighted by molar-refractivity contribution is 5.95. The number of hydrogen-bond donors (Lipinski definition) is 2. The first-order valence-corrected chi connectivity index (χ1v) is 8.56. The SMILES string of the molecule is O=C(Cc1c[nH]c2ccccc12)Nc1ccn(CCc2ccccn2)n1. The van der Waals surface area contributed by atoms with E-state index in [2.05, 4.69) is 20.4 Å². The number of nitrogens with zero attached hydrogens (tertiary/aromatic N) is 3. The maximum Gasteiger partial charge on any atom is 0.230 e. The molecule has 0 aliphatic rings. The van der Waals surface area contributed by atoms with Gasteiger partial charge in [0.2, 0.25) is 5.91 Å². The van der Waals surface area contributed by atoms with Gasteiger partial charge in [-0.1, -0.05) is 24.3 Å². The van der Waals surface area contributed by atoms with Gasteiger partial charge in [-0.15, -0.1) is 0 Å². The number of aromatic nitrogens is 4. The van der Waals surface area contributed by atoms with Gasteiger partial charge in [-0.2, -0.15) is 5.10 Å². The number of benzene rings is 1. The van der Waals surface area contributed by atoms with Crippen molar-refractivity contribution in [1.29, 1.82) is 0 Å². The number of amides is 1. The third-order valence-corrected chi connectivity index (χ3v) is 4.26. The minimum atomic E-state index is -0.0790. The fourth-order valence-corrected chi connectivity index (χ4v) is 2.97. The maximum atomic E-state index is 12.3. The minimum Gasteiger partial charge on any atom is -0.361 e. The lowest BCUT2D eigenvalue weighted by Gasteiger charge is -2.03. The van der Waals surface area contributed by atoms with E-state index >= 15 is 0 Å². The Hall–Kier alpha value is -3.41. The van der Waals surface area contributed by atoms with Gasteiger partial charge in [-0.3, -0.25) is 14.5 Å². The lowest BCUT2D eigenvalue weighted by atomic mass is 10.1. The molecule has 0 saturated carbocycles. The summed E-state index contributed by atoms with van der Waals surface area (Å²) in [5.74, 6) is 0.487. The van der Waals surface area contributed by atoms with Gasteiger partial charge in [0.05, 0.1) is 6.42 Å². The van der Waals surface area contributed by atoms with Gasteiger partial charge in [-0.25, -0.2) is 0 Å². The van der Waals surface area contributed by atoms with Crippen LogP contribution in [0.3, 0.4) is 0 Å². The van der Waals surface area contributed by atoms with Crippen LogP contribution in [0.15, 0.2) is 67.1 Å². The Kier molecular flexibility index (Phi) is 4.47. The zero-order chi connectivity index (χ0) is 17.8. The number of pyridine rings is 1. The molecule has 4 rings (SSSR count). The normalized spacial score (nSPS) is 10.9. The van der Waals surface area contributed by atoms with Crippen LogP contribution in [0.2, 0.25) is 0 Å². The smallest absolute Gasteiger partial charge is 0.230 e. The molecule has 3 heterocycles. The number of aryl methyl sites for hydroxylation is 2. The molecule has 0 spiro atoms. The molecule has 0 unspecified atom stereocenters. The van der Waals surface area contributed by atoms with Crippen LogP contribution in [0.4, 0.5) is 5.82 Å². The number of nitrogens with one attached hydrogen (secondary N) is 2. The van der Waals surface area contributed by atoms with E-state index in [0.717, 1.165) is 35.1 Å². The minimum absolute atomic E-state index is 0.0790. The summed E-state index contributed by atoms with van der Waals surface area (Å²) >= 11 is 0. The Morgan fingerprint density at radius 3 is 2.88 bits per heavy atom. The lowest BCUT2D eigenvalue weighted by Crippen LogP contribution is -2.15. The van der Waals surface area contributed by atoms with Gasteiger partial charge in [0.15, 0.2) is 5.82 Å². The van der Waals surface area contributed by atoms with Gasteiger partial charge in [0.1, 0.15) is 0 Å². The van der Waals surface area contributed by atoms with Crippen molar-refractivity contribution >= 4 is 22.6 Å². The molecule has 1 aromatic carbocycles. The number of fused-ring (bicyclic) bond motifs is 1. The maximum absolute atomic E-state index is 12.3. The zero-order valence-corrected chi connectivity index (χ0v) is 14.2. The van der Waals surface area contributed by atoms with Gasteiger partial charge >= 0.3 is 0 Å². The van der Waals surface area contributed by atoms with E-state index in [1.54, 1.807) is 6.20 Å². The Morgan fingerprint density at radius 2 is 2.00 bits per heavy atom. The number of carbonyl (C=O) groups excluding carboxylic acids is 1. The summed E-state index contributed by atoms with van der Waals surface area (Å²) in [6.07, 6.45) is 6.64. The van der Waals surface area contributed by atoms with Crippen molar-refractivity contribution in [2.75, 3.05) is 5.32 Å². The molecule has 0 bridgehead atoms. The average Bonchev–Trinajstić information content (AvgIpc) is 3.28. The molecule has 130 valence electrons. The van der Waals surface area contributed by atoms with Crippen LogP contribution in [0.5, 0.6) is 0 Å². The number of aromatic amines is 1. The Labute approximate surface area is 150 Å². The molecule has 26 heavy (non-hydrogen) atoms. The van der Waals surface area contributed by atoms with Crippen molar-refractivity contribution in [2.24, 2.45) is 0 Å². The fourth-order valence-electron chi connectivity index (χ4n) is 2.97. The largest absolute Gasteiger partial charge is 0.361 e. The van der Waals surface area contributed by atoms with Gasteiger partial charge in [-0.05, 0) is 23.8 Å². The van der Waals surface area contributed by atoms with E-state index in [-0.39, 0.29) is 5.91 Å². The van der Waals surface area contributed by atoms with Gasteiger partial charge in [0, 0.05) is 54.2 Å². The number of H-pyrrole nitrogens is 1. The quantitative estimate of drug-likeness (QED) is 0.563. The molecule has 3 aromatic heterocycles. The van der Waals surface area contributed by atoms with Gasteiger partial charge in [0.25, 0.3) is 0 Å². The Bertz CT molecular complexity index is 1020. The molecule has 2 N–H and O–H groups in total. The summed E-state index contributed by atoms with van der Waals surface area (Å²) in [5.41, 5.74) is 3.04. The molecule has 0 aliphatic carbocycles. The summed E-state index contributed by atoms with van der Waals surface area (Å²) < 4.78 is 1.82. The van der Waals surface area contributed by atoms with Crippen molar-refractivity contribution in [3.05, 3.63) is 78.4 Å². The molecular weight excluding hydrogens is 326 g/mol. The summed E-state index contributed by atoms with van der Waals surface area (Å²) in [6, 6.07) is 15.6. The van der Waals surface area contributed by atoms with E-state index in [1.165, 1.54) is 0 Å². The number of rotatable bonds is 6. The molecule has 0 saturated heterocycles. The molecule has 1 amide bonds. The van der Waals surface area contributed by atoms with Crippen molar-refractivity contribution < 1.29 is 4.79 Å². The average molecular weight is 345 g/mol. The van der Waals surface area contributed by atoms with E-state index < -0.39 is 0 Å². The van der Waals surface area contributed by atoms with Crippen LogP contribution >= 0.6 is 0 Å². The lowest BCUT2D eigenvalue weighted by molar-refractivity contribution is -0.115. The van der Waals surface area contributed by atoms with Crippen molar-refractivity contribution in [2.45, 2.75) is 19.4 Å². The first-order chi connectivity index (χ1) is 12.8.